The van der Waals surface area contributed by atoms with Gasteiger partial charge in [-0.05, 0) is 13.0 Å². The van der Waals surface area contributed by atoms with Crippen LogP contribution in [-0.4, -0.2) is 10.4 Å². The van der Waals surface area contributed by atoms with Crippen molar-refractivity contribution < 1.29 is 4.79 Å². The van der Waals surface area contributed by atoms with E-state index < -0.39 is 0 Å². The first-order chi connectivity index (χ1) is 5.54. The summed E-state index contributed by atoms with van der Waals surface area (Å²) < 4.78 is 1.37. The summed E-state index contributed by atoms with van der Waals surface area (Å²) in [6, 6.07) is 3.33. The number of hydrogen-bond donors (Lipinski definition) is 0. The number of nitrogens with zero attached hydrogens (tertiary/aromatic N) is 1. The van der Waals surface area contributed by atoms with Crippen molar-refractivity contribution in [3.8, 4) is 0 Å². The number of Topliss-reactive ketones (excluding diaryl/α,β-unsaturated/α-hetero) is 1. The van der Waals surface area contributed by atoms with Gasteiger partial charge in [0.15, 0.2) is 5.78 Å². The largest absolute Gasteiger partial charge is 0.308 e. The van der Waals surface area contributed by atoms with Crippen LogP contribution in [0.2, 0.25) is 0 Å². The van der Waals surface area contributed by atoms with Crippen LogP contribution in [-0.2, 0) is 7.05 Å². The SMILES string of the molecule is CC(=O)c1ccc(C)c(=O)n1C. The van der Waals surface area contributed by atoms with E-state index in [0.29, 0.717) is 11.3 Å². The third-order valence-electron chi connectivity index (χ3n) is 1.86. The number of aryl methyl sites for hydroxylation is 1. The fourth-order valence-corrected chi connectivity index (χ4v) is 1.11. The molecule has 0 spiro atoms. The molecule has 0 bridgehead atoms. The molecule has 0 aliphatic rings. The molecule has 0 saturated heterocycles. The fourth-order valence-electron chi connectivity index (χ4n) is 1.11. The molecule has 0 aliphatic heterocycles. The lowest BCUT2D eigenvalue weighted by Crippen LogP contribution is -2.23. The average Bonchev–Trinajstić information content (AvgIpc) is 2.00. The van der Waals surface area contributed by atoms with E-state index in [9.17, 15) is 9.59 Å². The van der Waals surface area contributed by atoms with Gasteiger partial charge in [-0.3, -0.25) is 9.59 Å². The van der Waals surface area contributed by atoms with Crippen LogP contribution >= 0.6 is 0 Å². The Morgan fingerprint density at radius 1 is 1.42 bits per heavy atom. The van der Waals surface area contributed by atoms with Gasteiger partial charge in [0.2, 0.25) is 0 Å². The molecule has 0 atom stereocenters. The summed E-state index contributed by atoms with van der Waals surface area (Å²) in [6.45, 7) is 3.18. The van der Waals surface area contributed by atoms with Gasteiger partial charge in [-0.15, -0.1) is 0 Å². The second-order valence-corrected chi connectivity index (χ2v) is 2.82. The van der Waals surface area contributed by atoms with Crippen LogP contribution in [0.25, 0.3) is 0 Å². The number of hydrogen-bond acceptors (Lipinski definition) is 2. The van der Waals surface area contributed by atoms with Crippen molar-refractivity contribution in [3.63, 3.8) is 0 Å². The van der Waals surface area contributed by atoms with Gasteiger partial charge >= 0.3 is 0 Å². The fraction of sp³-hybridized carbons (Fsp3) is 0.333. The van der Waals surface area contributed by atoms with Crippen molar-refractivity contribution in [1.82, 2.24) is 4.57 Å². The number of rotatable bonds is 1. The molecule has 12 heavy (non-hydrogen) atoms. The van der Waals surface area contributed by atoms with Gasteiger partial charge in [-0.2, -0.15) is 0 Å². The predicted molar refractivity (Wildman–Crippen MR) is 46.4 cm³/mol. The zero-order chi connectivity index (χ0) is 9.30. The van der Waals surface area contributed by atoms with Gasteiger partial charge in [0, 0.05) is 19.5 Å². The summed E-state index contributed by atoms with van der Waals surface area (Å²) in [6.07, 6.45) is 0. The molecule has 1 heterocycles. The first kappa shape index (κ1) is 8.71. The molecule has 3 nitrogen and oxygen atoms in total. The van der Waals surface area contributed by atoms with E-state index in [4.69, 9.17) is 0 Å². The topological polar surface area (TPSA) is 39.1 Å². The highest BCUT2D eigenvalue weighted by atomic mass is 16.1. The molecule has 0 radical (unpaired) electrons. The molecule has 1 aromatic rings. The van der Waals surface area contributed by atoms with Crippen LogP contribution < -0.4 is 5.56 Å². The summed E-state index contributed by atoms with van der Waals surface area (Å²) in [5.41, 5.74) is 0.996. The lowest BCUT2D eigenvalue weighted by atomic mass is 10.2. The first-order valence-electron chi connectivity index (χ1n) is 3.71. The summed E-state index contributed by atoms with van der Waals surface area (Å²) in [4.78, 5) is 22.3. The molecule has 0 aromatic carbocycles. The van der Waals surface area contributed by atoms with E-state index in [1.54, 1.807) is 26.1 Å². The predicted octanol–water partition coefficient (Wildman–Crippen LogP) is 0.896. The van der Waals surface area contributed by atoms with Crippen LogP contribution in [0.4, 0.5) is 0 Å². The van der Waals surface area contributed by atoms with Crippen LogP contribution in [0.15, 0.2) is 16.9 Å². The van der Waals surface area contributed by atoms with E-state index in [-0.39, 0.29) is 11.3 Å². The van der Waals surface area contributed by atoms with Crippen LogP contribution in [0.3, 0.4) is 0 Å². The zero-order valence-electron chi connectivity index (χ0n) is 7.42. The lowest BCUT2D eigenvalue weighted by Gasteiger charge is -2.04. The van der Waals surface area contributed by atoms with Gasteiger partial charge in [0.1, 0.15) is 0 Å². The molecular formula is C9H11NO2. The van der Waals surface area contributed by atoms with E-state index >= 15 is 0 Å². The molecule has 0 N–H and O–H groups in total. The van der Waals surface area contributed by atoms with Crippen LogP contribution in [0.5, 0.6) is 0 Å². The van der Waals surface area contributed by atoms with E-state index in [1.807, 2.05) is 0 Å². The molecule has 1 aromatic heterocycles. The summed E-state index contributed by atoms with van der Waals surface area (Å²) in [5, 5.41) is 0. The summed E-state index contributed by atoms with van der Waals surface area (Å²) in [7, 11) is 1.60. The van der Waals surface area contributed by atoms with Crippen molar-refractivity contribution in [2.75, 3.05) is 0 Å². The minimum Gasteiger partial charge on any atom is -0.308 e. The van der Waals surface area contributed by atoms with Crippen molar-refractivity contribution in [1.29, 1.82) is 0 Å². The minimum absolute atomic E-state index is 0.0883. The molecule has 0 amide bonds. The maximum atomic E-state index is 11.3. The number of carbonyl (C=O) groups is 1. The van der Waals surface area contributed by atoms with Crippen molar-refractivity contribution in [3.05, 3.63) is 33.7 Å². The Labute approximate surface area is 70.6 Å². The Kier molecular flexibility index (Phi) is 2.13. The highest BCUT2D eigenvalue weighted by Crippen LogP contribution is 1.97. The maximum Gasteiger partial charge on any atom is 0.253 e. The normalized spacial score (nSPS) is 9.92. The van der Waals surface area contributed by atoms with E-state index in [1.165, 1.54) is 11.5 Å². The number of aromatic nitrogens is 1. The Hall–Kier alpha value is -1.38. The second kappa shape index (κ2) is 2.93. The monoisotopic (exact) mass is 165 g/mol. The number of ketones is 1. The molecule has 3 heteroatoms. The lowest BCUT2D eigenvalue weighted by molar-refractivity contribution is 0.100. The zero-order valence-corrected chi connectivity index (χ0v) is 7.42. The van der Waals surface area contributed by atoms with Crippen molar-refractivity contribution in [2.24, 2.45) is 7.05 Å². The highest BCUT2D eigenvalue weighted by Gasteiger charge is 2.05. The van der Waals surface area contributed by atoms with Crippen LogP contribution in [0, 0.1) is 6.92 Å². The maximum absolute atomic E-state index is 11.3. The Morgan fingerprint density at radius 2 is 2.00 bits per heavy atom. The molecule has 1 rings (SSSR count). The van der Waals surface area contributed by atoms with Gasteiger partial charge in [-0.25, -0.2) is 0 Å². The molecule has 0 unspecified atom stereocenters. The third-order valence-corrected chi connectivity index (χ3v) is 1.86. The second-order valence-electron chi connectivity index (χ2n) is 2.82. The summed E-state index contributed by atoms with van der Waals surface area (Å²) >= 11 is 0. The van der Waals surface area contributed by atoms with Crippen LogP contribution in [0.1, 0.15) is 23.0 Å². The Morgan fingerprint density at radius 3 is 2.50 bits per heavy atom. The van der Waals surface area contributed by atoms with E-state index in [2.05, 4.69) is 0 Å². The van der Waals surface area contributed by atoms with Crippen molar-refractivity contribution >= 4 is 5.78 Å². The smallest absolute Gasteiger partial charge is 0.253 e. The molecular weight excluding hydrogens is 154 g/mol. The van der Waals surface area contributed by atoms with Gasteiger partial charge in [0.05, 0.1) is 5.69 Å². The minimum atomic E-state index is -0.109. The highest BCUT2D eigenvalue weighted by molar-refractivity contribution is 5.92. The standard InChI is InChI=1S/C9H11NO2/c1-6-4-5-8(7(2)11)10(3)9(6)12/h4-5H,1-3H3. The third kappa shape index (κ3) is 1.30. The van der Waals surface area contributed by atoms with Gasteiger partial charge < -0.3 is 4.57 Å². The number of pyridine rings is 1. The molecule has 0 fully saturated rings. The van der Waals surface area contributed by atoms with E-state index in [0.717, 1.165) is 0 Å². The van der Waals surface area contributed by atoms with Gasteiger partial charge in [0.25, 0.3) is 5.56 Å². The Bertz CT molecular complexity index is 377. The number of carbonyl (C=O) groups excluding carboxylic acids is 1. The molecule has 0 saturated carbocycles. The quantitative estimate of drug-likeness (QED) is 0.580. The summed E-state index contributed by atoms with van der Waals surface area (Å²) in [5.74, 6) is -0.0883. The first-order valence-corrected chi connectivity index (χ1v) is 3.71. The van der Waals surface area contributed by atoms with Crippen molar-refractivity contribution in [2.45, 2.75) is 13.8 Å². The Balaban J connectivity index is 3.47. The average molecular weight is 165 g/mol. The molecule has 64 valence electrons. The van der Waals surface area contributed by atoms with Gasteiger partial charge in [-0.1, -0.05) is 6.07 Å². The molecule has 0 aliphatic carbocycles.